The van der Waals surface area contributed by atoms with E-state index in [1.165, 1.54) is 38.8 Å². The minimum absolute atomic E-state index is 0.261. The molecule has 0 atom stereocenters. The van der Waals surface area contributed by atoms with Crippen molar-refractivity contribution in [1.82, 2.24) is 15.5 Å². The summed E-state index contributed by atoms with van der Waals surface area (Å²) in [6.07, 6.45) is 7.33. The summed E-state index contributed by atoms with van der Waals surface area (Å²) in [4.78, 5) is 7.03. The average Bonchev–Trinajstić information content (AvgIpc) is 3.07. The van der Waals surface area contributed by atoms with Gasteiger partial charge in [0.15, 0.2) is 5.96 Å². The maximum absolute atomic E-state index is 5.60. The lowest BCUT2D eigenvalue weighted by Crippen LogP contribution is -2.58. The summed E-state index contributed by atoms with van der Waals surface area (Å²) < 4.78 is 5.60. The van der Waals surface area contributed by atoms with Crippen molar-refractivity contribution in [3.63, 3.8) is 0 Å². The van der Waals surface area contributed by atoms with Crippen LogP contribution in [0.3, 0.4) is 0 Å². The van der Waals surface area contributed by atoms with Crippen molar-refractivity contribution in [2.75, 3.05) is 46.4 Å². The van der Waals surface area contributed by atoms with Crippen LogP contribution in [-0.4, -0.2) is 62.8 Å². The van der Waals surface area contributed by atoms with Gasteiger partial charge in [-0.1, -0.05) is 13.3 Å². The summed E-state index contributed by atoms with van der Waals surface area (Å²) in [7, 11) is 1.85. The van der Waals surface area contributed by atoms with Crippen LogP contribution in [0.2, 0.25) is 0 Å². The molecular formula is C16H32N4O. The van der Waals surface area contributed by atoms with Crippen LogP contribution in [0.4, 0.5) is 0 Å². The first-order valence-electron chi connectivity index (χ1n) is 8.58. The fraction of sp³-hybridized carbons (Fsp3) is 0.938. The van der Waals surface area contributed by atoms with Crippen molar-refractivity contribution in [3.05, 3.63) is 0 Å². The molecule has 2 heterocycles. The lowest BCUT2D eigenvalue weighted by Gasteiger charge is -2.45. The molecule has 0 unspecified atom stereocenters. The van der Waals surface area contributed by atoms with Gasteiger partial charge in [0.05, 0.1) is 0 Å². The number of nitrogens with one attached hydrogen (secondary N) is 2. The Morgan fingerprint density at radius 1 is 1.19 bits per heavy atom. The Hall–Kier alpha value is -0.810. The molecule has 5 nitrogen and oxygen atoms in total. The number of likely N-dealkylation sites (tertiary alicyclic amines) is 1. The molecule has 2 rings (SSSR count). The monoisotopic (exact) mass is 296 g/mol. The van der Waals surface area contributed by atoms with Gasteiger partial charge in [-0.25, -0.2) is 0 Å². The van der Waals surface area contributed by atoms with Gasteiger partial charge in [0.25, 0.3) is 0 Å². The number of nitrogens with zero attached hydrogens (tertiary/aromatic N) is 2. The van der Waals surface area contributed by atoms with E-state index in [4.69, 9.17) is 4.74 Å². The molecule has 0 spiro atoms. The van der Waals surface area contributed by atoms with E-state index < -0.39 is 0 Å². The van der Waals surface area contributed by atoms with E-state index >= 15 is 0 Å². The van der Waals surface area contributed by atoms with Crippen LogP contribution in [0.1, 0.15) is 45.4 Å². The molecule has 0 amide bonds. The van der Waals surface area contributed by atoms with Crippen molar-refractivity contribution in [1.29, 1.82) is 0 Å². The second kappa shape index (κ2) is 8.59. The quantitative estimate of drug-likeness (QED) is 0.444. The van der Waals surface area contributed by atoms with Crippen LogP contribution in [0.25, 0.3) is 0 Å². The molecule has 0 aromatic rings. The SMILES string of the molecule is CCCCNC(=NC)NCC1(N2CCCC2)CCOCC1. The molecule has 0 aromatic carbocycles. The van der Waals surface area contributed by atoms with Gasteiger partial charge < -0.3 is 15.4 Å². The molecule has 2 aliphatic heterocycles. The van der Waals surface area contributed by atoms with Crippen LogP contribution >= 0.6 is 0 Å². The number of unbranched alkanes of at least 4 members (excludes halogenated alkanes) is 1. The number of ether oxygens (including phenoxy) is 1. The molecule has 0 saturated carbocycles. The Morgan fingerprint density at radius 3 is 2.52 bits per heavy atom. The summed E-state index contributed by atoms with van der Waals surface area (Å²) in [6, 6.07) is 0. The number of aliphatic imine (C=N–C) groups is 1. The highest BCUT2D eigenvalue weighted by Crippen LogP contribution is 2.30. The summed E-state index contributed by atoms with van der Waals surface area (Å²) in [5, 5.41) is 6.96. The lowest BCUT2D eigenvalue weighted by molar-refractivity contribution is -0.0164. The van der Waals surface area contributed by atoms with Gasteiger partial charge in [-0.05, 0) is 45.2 Å². The third kappa shape index (κ3) is 4.58. The highest BCUT2D eigenvalue weighted by Gasteiger charge is 2.39. The van der Waals surface area contributed by atoms with Crippen molar-refractivity contribution >= 4 is 5.96 Å². The minimum atomic E-state index is 0.261. The second-order valence-corrected chi connectivity index (χ2v) is 6.24. The van der Waals surface area contributed by atoms with Gasteiger partial charge in [-0.15, -0.1) is 0 Å². The first-order chi connectivity index (χ1) is 10.3. The highest BCUT2D eigenvalue weighted by atomic mass is 16.5. The van der Waals surface area contributed by atoms with Crippen molar-refractivity contribution < 1.29 is 4.74 Å². The Kier molecular flexibility index (Phi) is 6.77. The van der Waals surface area contributed by atoms with Crippen LogP contribution in [0.15, 0.2) is 4.99 Å². The first-order valence-corrected chi connectivity index (χ1v) is 8.58. The Bertz CT molecular complexity index is 320. The minimum Gasteiger partial charge on any atom is -0.381 e. The molecule has 0 aliphatic carbocycles. The zero-order valence-electron chi connectivity index (χ0n) is 13.8. The Labute approximate surface area is 129 Å². The number of guanidine groups is 1. The molecule has 0 bridgehead atoms. The average molecular weight is 296 g/mol. The smallest absolute Gasteiger partial charge is 0.191 e. The molecule has 0 radical (unpaired) electrons. The van der Waals surface area contributed by atoms with E-state index in [2.05, 4.69) is 27.4 Å². The third-order valence-electron chi connectivity index (χ3n) is 4.83. The van der Waals surface area contributed by atoms with Gasteiger partial charge in [0.2, 0.25) is 0 Å². The van der Waals surface area contributed by atoms with Gasteiger partial charge in [0.1, 0.15) is 0 Å². The predicted octanol–water partition coefficient (Wildman–Crippen LogP) is 1.60. The lowest BCUT2D eigenvalue weighted by atomic mass is 9.88. The van der Waals surface area contributed by atoms with Gasteiger partial charge in [0, 0.05) is 38.9 Å². The van der Waals surface area contributed by atoms with Crippen LogP contribution in [-0.2, 0) is 4.74 Å². The summed E-state index contributed by atoms with van der Waals surface area (Å²) in [5.41, 5.74) is 0.261. The molecule has 2 N–H and O–H groups in total. The Morgan fingerprint density at radius 2 is 1.90 bits per heavy atom. The van der Waals surface area contributed by atoms with E-state index in [-0.39, 0.29) is 5.54 Å². The number of rotatable bonds is 6. The molecular weight excluding hydrogens is 264 g/mol. The normalized spacial score (nSPS) is 23.2. The summed E-state index contributed by atoms with van der Waals surface area (Å²) >= 11 is 0. The zero-order valence-corrected chi connectivity index (χ0v) is 13.8. The van der Waals surface area contributed by atoms with Crippen LogP contribution in [0, 0.1) is 0 Å². The largest absolute Gasteiger partial charge is 0.381 e. The van der Waals surface area contributed by atoms with Crippen molar-refractivity contribution in [2.45, 2.75) is 51.0 Å². The van der Waals surface area contributed by atoms with Gasteiger partial charge in [-0.3, -0.25) is 9.89 Å². The van der Waals surface area contributed by atoms with Crippen molar-refractivity contribution in [2.24, 2.45) is 4.99 Å². The maximum atomic E-state index is 5.60. The predicted molar refractivity (Wildman–Crippen MR) is 87.9 cm³/mol. The van der Waals surface area contributed by atoms with Gasteiger partial charge in [-0.2, -0.15) is 0 Å². The van der Waals surface area contributed by atoms with Crippen LogP contribution in [0.5, 0.6) is 0 Å². The molecule has 5 heteroatoms. The molecule has 21 heavy (non-hydrogen) atoms. The number of hydrogen-bond donors (Lipinski definition) is 2. The number of hydrogen-bond acceptors (Lipinski definition) is 3. The van der Waals surface area contributed by atoms with Gasteiger partial charge >= 0.3 is 0 Å². The fourth-order valence-corrected chi connectivity index (χ4v) is 3.40. The topological polar surface area (TPSA) is 48.9 Å². The summed E-state index contributed by atoms with van der Waals surface area (Å²) in [6.45, 7) is 8.44. The Balaban J connectivity index is 1.89. The third-order valence-corrected chi connectivity index (χ3v) is 4.83. The maximum Gasteiger partial charge on any atom is 0.191 e. The van der Waals surface area contributed by atoms with Crippen molar-refractivity contribution in [3.8, 4) is 0 Å². The van der Waals surface area contributed by atoms with E-state index in [1.807, 2.05) is 7.05 Å². The molecule has 122 valence electrons. The molecule has 0 aromatic heterocycles. The molecule has 2 aliphatic rings. The van der Waals surface area contributed by atoms with E-state index in [9.17, 15) is 0 Å². The van der Waals surface area contributed by atoms with E-state index in [0.717, 1.165) is 45.1 Å². The zero-order chi connectivity index (χ0) is 15.0. The summed E-state index contributed by atoms with van der Waals surface area (Å²) in [5.74, 6) is 0.938. The van der Waals surface area contributed by atoms with E-state index in [0.29, 0.717) is 0 Å². The molecule has 2 saturated heterocycles. The highest BCUT2D eigenvalue weighted by molar-refractivity contribution is 5.79. The second-order valence-electron chi connectivity index (χ2n) is 6.24. The standard InChI is InChI=1S/C16H32N4O/c1-3-4-9-18-15(17-2)19-14-16(7-12-21-13-8-16)20-10-5-6-11-20/h3-14H2,1-2H3,(H2,17,18,19). The van der Waals surface area contributed by atoms with Crippen LogP contribution < -0.4 is 10.6 Å². The first kappa shape index (κ1) is 16.6. The van der Waals surface area contributed by atoms with E-state index in [1.54, 1.807) is 0 Å². The molecule has 2 fully saturated rings. The fourth-order valence-electron chi connectivity index (χ4n) is 3.40.